The van der Waals surface area contributed by atoms with Gasteiger partial charge in [0.1, 0.15) is 10.8 Å². The van der Waals surface area contributed by atoms with E-state index in [4.69, 9.17) is 23.7 Å². The van der Waals surface area contributed by atoms with Gasteiger partial charge in [-0.3, -0.25) is 0 Å². The van der Waals surface area contributed by atoms with Crippen LogP contribution in [0.2, 0.25) is 0 Å². The van der Waals surface area contributed by atoms with Crippen LogP contribution in [0.15, 0.2) is 12.1 Å². The maximum absolute atomic E-state index is 5.54. The number of aryl methyl sites for hydroxylation is 1. The second-order valence-electron chi connectivity index (χ2n) is 2.25. The number of rotatable bonds is 1. The fourth-order valence-corrected chi connectivity index (χ4v) is 0.958. The van der Waals surface area contributed by atoms with Crippen LogP contribution >= 0.6 is 12.2 Å². The standard InChI is InChI=1S/C7H9N3S/c1-4-2-3-5(7(9)11)6(8)10-4/h2-3H,1H3,(H2,8,10)(H2,9,11). The van der Waals surface area contributed by atoms with E-state index < -0.39 is 0 Å². The molecule has 11 heavy (non-hydrogen) atoms. The molecule has 0 unspecified atom stereocenters. The molecule has 58 valence electrons. The summed E-state index contributed by atoms with van der Waals surface area (Å²) in [6.07, 6.45) is 0. The van der Waals surface area contributed by atoms with Crippen LogP contribution in [0.5, 0.6) is 0 Å². The molecule has 1 aromatic rings. The lowest BCUT2D eigenvalue weighted by Gasteiger charge is -2.01. The number of pyridine rings is 1. The molecule has 3 nitrogen and oxygen atoms in total. The lowest BCUT2D eigenvalue weighted by Crippen LogP contribution is -2.13. The minimum atomic E-state index is 0.287. The first-order valence-corrected chi connectivity index (χ1v) is 3.55. The molecule has 0 saturated carbocycles. The fourth-order valence-electron chi connectivity index (χ4n) is 0.785. The third-order valence-corrected chi connectivity index (χ3v) is 1.55. The van der Waals surface area contributed by atoms with Crippen molar-refractivity contribution in [2.24, 2.45) is 5.73 Å². The summed E-state index contributed by atoms with van der Waals surface area (Å²) in [5, 5.41) is 0. The first kappa shape index (κ1) is 7.94. The summed E-state index contributed by atoms with van der Waals surface area (Å²) < 4.78 is 0. The highest BCUT2D eigenvalue weighted by molar-refractivity contribution is 7.80. The van der Waals surface area contributed by atoms with Crippen molar-refractivity contribution in [3.63, 3.8) is 0 Å². The number of nitrogens with two attached hydrogens (primary N) is 2. The van der Waals surface area contributed by atoms with E-state index in [0.717, 1.165) is 5.69 Å². The predicted octanol–water partition coefficient (Wildman–Crippen LogP) is 0.606. The highest BCUT2D eigenvalue weighted by Crippen LogP contribution is 2.08. The van der Waals surface area contributed by atoms with E-state index in [9.17, 15) is 0 Å². The molecule has 0 radical (unpaired) electrons. The molecule has 0 saturated heterocycles. The summed E-state index contributed by atoms with van der Waals surface area (Å²) >= 11 is 4.75. The average Bonchev–Trinajstić information content (AvgIpc) is 1.85. The molecular weight excluding hydrogens is 158 g/mol. The van der Waals surface area contributed by atoms with Gasteiger partial charge in [-0.05, 0) is 19.1 Å². The van der Waals surface area contributed by atoms with E-state index in [2.05, 4.69) is 4.98 Å². The molecule has 1 heterocycles. The Morgan fingerprint density at radius 1 is 1.55 bits per heavy atom. The van der Waals surface area contributed by atoms with Gasteiger partial charge in [0.2, 0.25) is 0 Å². The molecule has 1 rings (SSSR count). The first-order valence-electron chi connectivity index (χ1n) is 3.14. The molecule has 4 heteroatoms. The Balaban J connectivity index is 3.20. The molecule has 0 fully saturated rings. The SMILES string of the molecule is Cc1ccc(C(N)=S)c(N)n1. The van der Waals surface area contributed by atoms with E-state index >= 15 is 0 Å². The van der Waals surface area contributed by atoms with Gasteiger partial charge in [-0.25, -0.2) is 4.98 Å². The zero-order chi connectivity index (χ0) is 8.43. The van der Waals surface area contributed by atoms with Gasteiger partial charge < -0.3 is 11.5 Å². The van der Waals surface area contributed by atoms with E-state index in [1.54, 1.807) is 6.07 Å². The van der Waals surface area contributed by atoms with Crippen LogP contribution < -0.4 is 11.5 Å². The van der Waals surface area contributed by atoms with Crippen molar-refractivity contribution in [1.82, 2.24) is 4.98 Å². The van der Waals surface area contributed by atoms with Gasteiger partial charge in [-0.1, -0.05) is 12.2 Å². The third kappa shape index (κ3) is 1.65. The Hall–Kier alpha value is -1.16. The van der Waals surface area contributed by atoms with E-state index in [0.29, 0.717) is 11.4 Å². The predicted molar refractivity (Wildman–Crippen MR) is 49.3 cm³/mol. The molecule has 0 aliphatic rings. The van der Waals surface area contributed by atoms with Crippen molar-refractivity contribution in [2.45, 2.75) is 6.92 Å². The Bertz CT molecular complexity index is 296. The van der Waals surface area contributed by atoms with Crippen LogP contribution in [0.25, 0.3) is 0 Å². The topological polar surface area (TPSA) is 64.9 Å². The van der Waals surface area contributed by atoms with Crippen molar-refractivity contribution in [3.05, 3.63) is 23.4 Å². The van der Waals surface area contributed by atoms with Crippen molar-refractivity contribution in [3.8, 4) is 0 Å². The van der Waals surface area contributed by atoms with Crippen LogP contribution in [0.1, 0.15) is 11.3 Å². The molecule has 0 amide bonds. The van der Waals surface area contributed by atoms with Crippen LogP contribution in [0.4, 0.5) is 5.82 Å². The van der Waals surface area contributed by atoms with Gasteiger partial charge in [0, 0.05) is 5.69 Å². The van der Waals surface area contributed by atoms with Crippen LogP contribution in [0, 0.1) is 6.92 Å². The summed E-state index contributed by atoms with van der Waals surface area (Å²) in [5.74, 6) is 0.400. The third-order valence-electron chi connectivity index (χ3n) is 1.33. The summed E-state index contributed by atoms with van der Waals surface area (Å²) in [6, 6.07) is 3.60. The summed E-state index contributed by atoms with van der Waals surface area (Å²) in [7, 11) is 0. The Morgan fingerprint density at radius 2 is 2.18 bits per heavy atom. The minimum absolute atomic E-state index is 0.287. The zero-order valence-electron chi connectivity index (χ0n) is 6.16. The lowest BCUT2D eigenvalue weighted by molar-refractivity contribution is 1.20. The van der Waals surface area contributed by atoms with Crippen molar-refractivity contribution in [2.75, 3.05) is 5.73 Å². The van der Waals surface area contributed by atoms with E-state index in [1.165, 1.54) is 0 Å². The number of hydrogen-bond donors (Lipinski definition) is 2. The maximum Gasteiger partial charge on any atom is 0.133 e. The van der Waals surface area contributed by atoms with Gasteiger partial charge in [0.05, 0.1) is 5.56 Å². The number of hydrogen-bond acceptors (Lipinski definition) is 3. The second-order valence-corrected chi connectivity index (χ2v) is 2.69. The molecule has 0 bridgehead atoms. The zero-order valence-corrected chi connectivity index (χ0v) is 6.98. The number of aromatic nitrogens is 1. The van der Waals surface area contributed by atoms with Gasteiger partial charge in [0.25, 0.3) is 0 Å². The minimum Gasteiger partial charge on any atom is -0.389 e. The van der Waals surface area contributed by atoms with Crippen LogP contribution in [-0.2, 0) is 0 Å². The second kappa shape index (κ2) is 2.84. The molecule has 0 aliphatic carbocycles. The van der Waals surface area contributed by atoms with Crippen LogP contribution in [-0.4, -0.2) is 9.97 Å². The van der Waals surface area contributed by atoms with E-state index in [1.807, 2.05) is 13.0 Å². The fraction of sp³-hybridized carbons (Fsp3) is 0.143. The van der Waals surface area contributed by atoms with Crippen molar-refractivity contribution < 1.29 is 0 Å². The molecule has 0 atom stereocenters. The number of nitrogen functional groups attached to an aromatic ring is 1. The van der Waals surface area contributed by atoms with Gasteiger partial charge >= 0.3 is 0 Å². The Morgan fingerprint density at radius 3 is 2.64 bits per heavy atom. The maximum atomic E-state index is 5.54. The average molecular weight is 167 g/mol. The Kier molecular flexibility index (Phi) is 2.05. The van der Waals surface area contributed by atoms with Crippen molar-refractivity contribution >= 4 is 23.0 Å². The lowest BCUT2D eigenvalue weighted by atomic mass is 10.2. The number of thiocarbonyl (C=S) groups is 1. The molecule has 0 spiro atoms. The van der Waals surface area contributed by atoms with Gasteiger partial charge in [-0.2, -0.15) is 0 Å². The number of nitrogens with zero attached hydrogens (tertiary/aromatic N) is 1. The normalized spacial score (nSPS) is 9.55. The molecule has 0 aromatic carbocycles. The quantitative estimate of drug-likeness (QED) is 0.601. The smallest absolute Gasteiger partial charge is 0.133 e. The summed E-state index contributed by atoms with van der Waals surface area (Å²) in [4.78, 5) is 4.29. The largest absolute Gasteiger partial charge is 0.389 e. The Labute approximate surface area is 70.4 Å². The molecule has 4 N–H and O–H groups in total. The highest BCUT2D eigenvalue weighted by atomic mass is 32.1. The molecule has 1 aromatic heterocycles. The summed E-state index contributed by atoms with van der Waals surface area (Å²) in [5.41, 5.74) is 12.4. The van der Waals surface area contributed by atoms with Crippen molar-refractivity contribution in [1.29, 1.82) is 0 Å². The first-order chi connectivity index (χ1) is 5.11. The summed E-state index contributed by atoms with van der Waals surface area (Å²) in [6.45, 7) is 1.86. The number of anilines is 1. The highest BCUT2D eigenvalue weighted by Gasteiger charge is 2.01. The molecule has 0 aliphatic heterocycles. The van der Waals surface area contributed by atoms with E-state index in [-0.39, 0.29) is 4.99 Å². The van der Waals surface area contributed by atoms with Gasteiger partial charge in [-0.15, -0.1) is 0 Å². The molecular formula is C7H9N3S. The monoisotopic (exact) mass is 167 g/mol. The van der Waals surface area contributed by atoms with Crippen LogP contribution in [0.3, 0.4) is 0 Å². The van der Waals surface area contributed by atoms with Gasteiger partial charge in [0.15, 0.2) is 0 Å².